The fourth-order valence-electron chi connectivity index (χ4n) is 2.25. The lowest BCUT2D eigenvalue weighted by atomic mass is 10.3. The summed E-state index contributed by atoms with van der Waals surface area (Å²) in [6.07, 6.45) is 0. The molecule has 0 spiro atoms. The van der Waals surface area contributed by atoms with Crippen LogP contribution in [0.1, 0.15) is 16.3 Å². The Labute approximate surface area is 156 Å². The van der Waals surface area contributed by atoms with Gasteiger partial charge in [-0.1, -0.05) is 18.2 Å². The minimum Gasteiger partial charge on any atom is -0.486 e. The highest BCUT2D eigenvalue weighted by Gasteiger charge is 2.14. The molecule has 0 atom stereocenters. The molecule has 3 aromatic rings. The fourth-order valence-corrected chi connectivity index (χ4v) is 3.33. The summed E-state index contributed by atoms with van der Waals surface area (Å²) in [5.74, 6) is 0.524. The predicted octanol–water partition coefficient (Wildman–Crippen LogP) is 3.45. The van der Waals surface area contributed by atoms with E-state index in [2.05, 4.69) is 9.46 Å². The first-order valence-corrected chi connectivity index (χ1v) is 9.44. The van der Waals surface area contributed by atoms with Crippen LogP contribution in [0.2, 0.25) is 0 Å². The summed E-state index contributed by atoms with van der Waals surface area (Å²) < 4.78 is 42.5. The number of benzene rings is 2. The number of ether oxygens (including phenoxy) is 2. The summed E-state index contributed by atoms with van der Waals surface area (Å²) in [6.45, 7) is 0.117. The highest BCUT2D eigenvalue weighted by atomic mass is 32.2. The van der Waals surface area contributed by atoms with E-state index in [9.17, 15) is 13.2 Å². The molecule has 0 aliphatic heterocycles. The topological polar surface area (TPSA) is 94.8 Å². The molecule has 0 amide bonds. The van der Waals surface area contributed by atoms with Crippen molar-refractivity contribution in [3.05, 3.63) is 78.3 Å². The molecule has 7 nitrogen and oxygen atoms in total. The molecule has 2 aromatic carbocycles. The third kappa shape index (κ3) is 4.68. The average molecular weight is 387 g/mol. The van der Waals surface area contributed by atoms with Crippen LogP contribution in [-0.4, -0.2) is 21.5 Å². The maximum absolute atomic E-state index is 12.3. The molecule has 1 heterocycles. The Balaban J connectivity index is 1.60. The van der Waals surface area contributed by atoms with Crippen molar-refractivity contribution in [2.24, 2.45) is 0 Å². The molecule has 3 rings (SSSR count). The molecular weight excluding hydrogens is 370 g/mol. The molecule has 140 valence electrons. The SMILES string of the molecule is COC(=O)c1ccc(COc2ccc(NS(=O)(=O)c3ccccc3)cc2)o1. The second-order valence-corrected chi connectivity index (χ2v) is 7.17. The van der Waals surface area contributed by atoms with Gasteiger partial charge in [0.05, 0.1) is 12.0 Å². The molecule has 0 saturated carbocycles. The molecule has 0 aliphatic carbocycles. The van der Waals surface area contributed by atoms with Crippen molar-refractivity contribution < 1.29 is 27.1 Å². The van der Waals surface area contributed by atoms with Crippen molar-refractivity contribution in [2.75, 3.05) is 11.8 Å². The molecule has 8 heteroatoms. The zero-order valence-corrected chi connectivity index (χ0v) is 15.2. The van der Waals surface area contributed by atoms with Crippen LogP contribution in [0.25, 0.3) is 0 Å². The summed E-state index contributed by atoms with van der Waals surface area (Å²) in [4.78, 5) is 11.5. The Kier molecular flexibility index (Phi) is 5.46. The van der Waals surface area contributed by atoms with Gasteiger partial charge in [0.2, 0.25) is 5.76 Å². The van der Waals surface area contributed by atoms with Crippen molar-refractivity contribution in [3.63, 3.8) is 0 Å². The van der Waals surface area contributed by atoms with E-state index in [0.29, 0.717) is 17.2 Å². The number of methoxy groups -OCH3 is 1. The number of carbonyl (C=O) groups excluding carboxylic acids is 1. The maximum atomic E-state index is 12.3. The van der Waals surface area contributed by atoms with Crippen molar-refractivity contribution in [1.29, 1.82) is 0 Å². The van der Waals surface area contributed by atoms with Gasteiger partial charge in [0.15, 0.2) is 0 Å². The van der Waals surface area contributed by atoms with E-state index < -0.39 is 16.0 Å². The van der Waals surface area contributed by atoms with Gasteiger partial charge in [0.25, 0.3) is 10.0 Å². The van der Waals surface area contributed by atoms with Crippen molar-refractivity contribution >= 4 is 21.7 Å². The summed E-state index contributed by atoms with van der Waals surface area (Å²) in [5.41, 5.74) is 0.414. The van der Waals surface area contributed by atoms with E-state index in [1.54, 1.807) is 48.5 Å². The lowest BCUT2D eigenvalue weighted by Gasteiger charge is -2.09. The number of hydrogen-bond acceptors (Lipinski definition) is 6. The Bertz CT molecular complexity index is 1010. The number of anilines is 1. The van der Waals surface area contributed by atoms with Gasteiger partial charge in [-0.25, -0.2) is 13.2 Å². The monoisotopic (exact) mass is 387 g/mol. The molecule has 27 heavy (non-hydrogen) atoms. The summed E-state index contributed by atoms with van der Waals surface area (Å²) in [7, 11) is -2.37. The molecule has 0 fully saturated rings. The smallest absolute Gasteiger partial charge is 0.373 e. The molecule has 0 bridgehead atoms. The molecule has 0 unspecified atom stereocenters. The number of sulfonamides is 1. The van der Waals surface area contributed by atoms with Crippen LogP contribution in [0.3, 0.4) is 0 Å². The van der Waals surface area contributed by atoms with E-state index in [-0.39, 0.29) is 17.3 Å². The molecule has 0 aliphatic rings. The third-order valence-electron chi connectivity index (χ3n) is 3.59. The van der Waals surface area contributed by atoms with Crippen molar-refractivity contribution in [3.8, 4) is 5.75 Å². The minimum absolute atomic E-state index is 0.0989. The van der Waals surface area contributed by atoms with Gasteiger partial charge in [-0.3, -0.25) is 4.72 Å². The van der Waals surface area contributed by atoms with Crippen LogP contribution in [-0.2, 0) is 21.4 Å². The van der Waals surface area contributed by atoms with Crippen LogP contribution < -0.4 is 9.46 Å². The van der Waals surface area contributed by atoms with E-state index in [1.807, 2.05) is 0 Å². The van der Waals surface area contributed by atoms with Gasteiger partial charge in [-0.15, -0.1) is 0 Å². The highest BCUT2D eigenvalue weighted by molar-refractivity contribution is 7.92. The highest BCUT2D eigenvalue weighted by Crippen LogP contribution is 2.20. The van der Waals surface area contributed by atoms with Gasteiger partial charge < -0.3 is 13.9 Å². The number of hydrogen-bond donors (Lipinski definition) is 1. The molecule has 1 N–H and O–H groups in total. The molecule has 0 radical (unpaired) electrons. The largest absolute Gasteiger partial charge is 0.486 e. The van der Waals surface area contributed by atoms with E-state index in [1.165, 1.54) is 25.3 Å². The van der Waals surface area contributed by atoms with Gasteiger partial charge in [-0.2, -0.15) is 0 Å². The number of furan rings is 1. The Morgan fingerprint density at radius 1 is 1.00 bits per heavy atom. The predicted molar refractivity (Wildman–Crippen MR) is 98.1 cm³/mol. The maximum Gasteiger partial charge on any atom is 0.373 e. The first-order valence-electron chi connectivity index (χ1n) is 7.96. The Hall–Kier alpha value is -3.26. The van der Waals surface area contributed by atoms with Gasteiger partial charge in [0.1, 0.15) is 18.1 Å². The first-order chi connectivity index (χ1) is 13.0. The fraction of sp³-hybridized carbons (Fsp3) is 0.105. The number of esters is 1. The van der Waals surface area contributed by atoms with E-state index >= 15 is 0 Å². The number of carbonyl (C=O) groups is 1. The number of nitrogens with one attached hydrogen (secondary N) is 1. The van der Waals surface area contributed by atoms with Crippen LogP contribution in [0.4, 0.5) is 5.69 Å². The standard InChI is InChI=1S/C19H17NO6S/c1-24-19(21)18-12-11-16(26-18)13-25-15-9-7-14(8-10-15)20-27(22,23)17-5-3-2-4-6-17/h2-12,20H,13H2,1H3. The Morgan fingerprint density at radius 3 is 2.37 bits per heavy atom. The quantitative estimate of drug-likeness (QED) is 0.624. The lowest BCUT2D eigenvalue weighted by Crippen LogP contribution is -2.12. The normalized spacial score (nSPS) is 11.0. The zero-order chi connectivity index (χ0) is 19.3. The summed E-state index contributed by atoms with van der Waals surface area (Å²) >= 11 is 0. The van der Waals surface area contributed by atoms with Crippen LogP contribution in [0.5, 0.6) is 5.75 Å². The second kappa shape index (κ2) is 7.96. The van der Waals surface area contributed by atoms with Crippen LogP contribution in [0.15, 0.2) is 76.0 Å². The van der Waals surface area contributed by atoms with Crippen LogP contribution >= 0.6 is 0 Å². The second-order valence-electron chi connectivity index (χ2n) is 5.49. The van der Waals surface area contributed by atoms with Crippen molar-refractivity contribution in [1.82, 2.24) is 0 Å². The molecule has 1 aromatic heterocycles. The van der Waals surface area contributed by atoms with Crippen LogP contribution in [0, 0.1) is 0 Å². The number of rotatable bonds is 7. The summed E-state index contributed by atoms with van der Waals surface area (Å²) in [5, 5.41) is 0. The lowest BCUT2D eigenvalue weighted by molar-refractivity contribution is 0.0561. The van der Waals surface area contributed by atoms with Gasteiger partial charge in [0, 0.05) is 5.69 Å². The van der Waals surface area contributed by atoms with Crippen molar-refractivity contribution in [2.45, 2.75) is 11.5 Å². The van der Waals surface area contributed by atoms with Gasteiger partial charge >= 0.3 is 5.97 Å². The third-order valence-corrected chi connectivity index (χ3v) is 4.99. The van der Waals surface area contributed by atoms with E-state index in [0.717, 1.165) is 0 Å². The Morgan fingerprint density at radius 2 is 1.70 bits per heavy atom. The molecule has 0 saturated heterocycles. The zero-order valence-electron chi connectivity index (χ0n) is 14.4. The van der Waals surface area contributed by atoms with Gasteiger partial charge in [-0.05, 0) is 48.5 Å². The van der Waals surface area contributed by atoms with E-state index in [4.69, 9.17) is 9.15 Å². The first kappa shape index (κ1) is 18.5. The molecular formula is C19H17NO6S. The minimum atomic E-state index is -3.64. The average Bonchev–Trinajstić information content (AvgIpc) is 3.16. The summed E-state index contributed by atoms with van der Waals surface area (Å²) in [6, 6.07) is 17.7.